The third-order valence-corrected chi connectivity index (χ3v) is 6.08. The summed E-state index contributed by atoms with van der Waals surface area (Å²) in [5.74, 6) is -0.824. The molecule has 2 unspecified atom stereocenters. The lowest BCUT2D eigenvalue weighted by Gasteiger charge is -2.19. The predicted octanol–water partition coefficient (Wildman–Crippen LogP) is 4.33. The van der Waals surface area contributed by atoms with Crippen LogP contribution in [0.5, 0.6) is 11.5 Å². The number of benzene rings is 2. The van der Waals surface area contributed by atoms with Gasteiger partial charge in [0.1, 0.15) is 11.5 Å². The summed E-state index contributed by atoms with van der Waals surface area (Å²) in [5.41, 5.74) is -1.84. The zero-order valence-corrected chi connectivity index (χ0v) is 21.4. The molecule has 12 heteroatoms. The summed E-state index contributed by atoms with van der Waals surface area (Å²) in [7, 11) is -4.37. The van der Waals surface area contributed by atoms with E-state index in [1.54, 1.807) is 24.3 Å². The van der Waals surface area contributed by atoms with Gasteiger partial charge in [-0.2, -0.15) is 29.2 Å². The highest BCUT2D eigenvalue weighted by Gasteiger charge is 2.30. The topological polar surface area (TPSA) is 179 Å². The Morgan fingerprint density at radius 3 is 1.57 bits per heavy atom. The van der Waals surface area contributed by atoms with Gasteiger partial charge in [0.2, 0.25) is 0 Å². The van der Waals surface area contributed by atoms with E-state index < -0.39 is 33.1 Å². The number of rotatable bonds is 11. The van der Waals surface area contributed by atoms with E-state index in [-0.39, 0.29) is 36.3 Å². The normalized spacial score (nSPS) is 14.5. The number of hydrogen-bond acceptors (Lipinski definition) is 10. The van der Waals surface area contributed by atoms with Crippen molar-refractivity contribution in [1.29, 1.82) is 10.5 Å². The van der Waals surface area contributed by atoms with Crippen LogP contribution >= 0.6 is 0 Å². The Bertz CT molecular complexity index is 1340. The lowest BCUT2D eigenvalue weighted by molar-refractivity contribution is -0.135. The van der Waals surface area contributed by atoms with Gasteiger partial charge in [-0.25, -0.2) is 0 Å². The van der Waals surface area contributed by atoms with Gasteiger partial charge in [0.15, 0.2) is 11.1 Å². The van der Waals surface area contributed by atoms with Gasteiger partial charge in [0, 0.05) is 12.8 Å². The quantitative estimate of drug-likeness (QED) is 0.193. The van der Waals surface area contributed by atoms with Crippen molar-refractivity contribution in [2.24, 2.45) is 10.2 Å². The van der Waals surface area contributed by atoms with Crippen LogP contribution in [0.4, 0.5) is 0 Å². The molecule has 0 fully saturated rings. The molecule has 194 valence electrons. The van der Waals surface area contributed by atoms with Crippen molar-refractivity contribution in [3.8, 4) is 23.6 Å². The van der Waals surface area contributed by atoms with E-state index in [1.807, 2.05) is 19.1 Å². The molecule has 0 aliphatic rings. The third kappa shape index (κ3) is 9.44. The van der Waals surface area contributed by atoms with Gasteiger partial charge in [0.25, 0.3) is 10.1 Å². The van der Waals surface area contributed by atoms with Crippen LogP contribution in [0.3, 0.4) is 0 Å². The highest BCUT2D eigenvalue weighted by atomic mass is 32.2. The van der Waals surface area contributed by atoms with Crippen molar-refractivity contribution in [3.63, 3.8) is 0 Å². The lowest BCUT2D eigenvalue weighted by Crippen LogP contribution is -2.26. The van der Waals surface area contributed by atoms with E-state index >= 15 is 0 Å². The van der Waals surface area contributed by atoms with Crippen LogP contribution < -0.4 is 9.47 Å². The Labute approximate surface area is 215 Å². The average Bonchev–Trinajstić information content (AvgIpc) is 2.86. The van der Waals surface area contributed by atoms with E-state index in [4.69, 9.17) is 14.0 Å². The van der Waals surface area contributed by atoms with Gasteiger partial charge in [-0.05, 0) is 70.0 Å². The minimum atomic E-state index is -4.37. The van der Waals surface area contributed by atoms with Crippen molar-refractivity contribution in [2.75, 3.05) is 0 Å². The largest absolute Gasteiger partial charge is 0.427 e. The van der Waals surface area contributed by atoms with E-state index in [0.717, 1.165) is 17.7 Å². The molecule has 2 rings (SSSR count). The summed E-state index contributed by atoms with van der Waals surface area (Å²) in [5, 5.41) is 27.1. The molecule has 2 aromatic rings. The third-order valence-electron chi connectivity index (χ3n) is 5.21. The van der Waals surface area contributed by atoms with Crippen LogP contribution in [0.1, 0.15) is 45.1 Å². The fourth-order valence-corrected chi connectivity index (χ4v) is 3.30. The van der Waals surface area contributed by atoms with Gasteiger partial charge in [-0.3, -0.25) is 14.1 Å². The van der Waals surface area contributed by atoms with Crippen LogP contribution in [-0.4, -0.2) is 36.0 Å². The van der Waals surface area contributed by atoms with Crippen molar-refractivity contribution < 1.29 is 32.0 Å². The zero-order chi connectivity index (χ0) is 27.7. The molecular formula is C25H26N4O7S. The molecule has 11 nitrogen and oxygen atoms in total. The van der Waals surface area contributed by atoms with Gasteiger partial charge in [-0.1, -0.05) is 17.7 Å². The molecule has 0 amide bonds. The number of azo groups is 1. The highest BCUT2D eigenvalue weighted by molar-refractivity contribution is 7.85. The maximum absolute atomic E-state index is 12.2. The van der Waals surface area contributed by atoms with E-state index in [2.05, 4.69) is 10.2 Å². The number of hydrogen-bond donors (Lipinski definition) is 1. The Morgan fingerprint density at radius 1 is 0.838 bits per heavy atom. The average molecular weight is 527 g/mol. The first-order chi connectivity index (χ1) is 17.3. The summed E-state index contributed by atoms with van der Waals surface area (Å²) < 4.78 is 41.5. The van der Waals surface area contributed by atoms with E-state index in [9.17, 15) is 28.5 Å². The summed E-state index contributed by atoms with van der Waals surface area (Å²) in [6.45, 7) is 4.81. The summed E-state index contributed by atoms with van der Waals surface area (Å²) in [6.07, 6.45) is -0.412. The molecule has 0 aliphatic heterocycles. The Morgan fingerprint density at radius 2 is 1.22 bits per heavy atom. The lowest BCUT2D eigenvalue weighted by atomic mass is 9.97. The maximum atomic E-state index is 12.2. The van der Waals surface area contributed by atoms with Gasteiger partial charge in [0.05, 0.1) is 17.0 Å². The van der Waals surface area contributed by atoms with Crippen molar-refractivity contribution in [2.45, 2.75) is 62.4 Å². The second-order valence-electron chi connectivity index (χ2n) is 8.68. The molecule has 0 radical (unpaired) electrons. The minimum Gasteiger partial charge on any atom is -0.427 e. The molecule has 0 aliphatic carbocycles. The zero-order valence-electron chi connectivity index (χ0n) is 20.5. The number of ether oxygens (including phenoxy) is 2. The predicted molar refractivity (Wildman–Crippen MR) is 130 cm³/mol. The summed E-state index contributed by atoms with van der Waals surface area (Å²) in [4.78, 5) is 24.0. The molecule has 0 heterocycles. The first-order valence-corrected chi connectivity index (χ1v) is 12.5. The number of carbonyl (C=O) groups excluding carboxylic acids is 2. The van der Waals surface area contributed by atoms with Crippen LogP contribution in [-0.2, 0) is 19.7 Å². The fraction of sp³-hybridized carbons (Fsp3) is 0.360. The smallest absolute Gasteiger partial charge is 0.311 e. The van der Waals surface area contributed by atoms with Gasteiger partial charge in [-0.15, -0.1) is 0 Å². The number of nitrogens with zero attached hydrogens (tertiary/aromatic N) is 4. The summed E-state index contributed by atoms with van der Waals surface area (Å²) in [6, 6.07) is 15.4. The van der Waals surface area contributed by atoms with Gasteiger partial charge >= 0.3 is 11.9 Å². The molecular weight excluding hydrogens is 500 g/mol. The van der Waals surface area contributed by atoms with Crippen LogP contribution in [0.2, 0.25) is 0 Å². The van der Waals surface area contributed by atoms with Crippen LogP contribution in [0.25, 0.3) is 0 Å². The molecule has 37 heavy (non-hydrogen) atoms. The number of nitriles is 2. The number of aryl methyl sites for hydroxylation is 1. The van der Waals surface area contributed by atoms with Crippen molar-refractivity contribution >= 4 is 22.1 Å². The Hall–Kier alpha value is -4.13. The molecule has 0 bridgehead atoms. The maximum Gasteiger partial charge on any atom is 0.311 e. The molecule has 0 saturated carbocycles. The molecule has 0 saturated heterocycles. The van der Waals surface area contributed by atoms with Crippen LogP contribution in [0, 0.1) is 29.6 Å². The fourth-order valence-electron chi connectivity index (χ4n) is 2.82. The van der Waals surface area contributed by atoms with E-state index in [1.165, 1.54) is 26.0 Å². The van der Waals surface area contributed by atoms with Gasteiger partial charge < -0.3 is 9.47 Å². The summed E-state index contributed by atoms with van der Waals surface area (Å²) >= 11 is 0. The number of esters is 2. The number of carbonyl (C=O) groups is 2. The molecule has 2 aromatic carbocycles. The molecule has 1 N–H and O–H groups in total. The SMILES string of the molecule is Cc1ccc(OC(=O)CCC(C)(C#N)N=NC(C)(C#N)CCC(=O)Oc2ccc(S(=O)(=O)O)cc2)cc1. The van der Waals surface area contributed by atoms with Crippen molar-refractivity contribution in [3.05, 3.63) is 54.1 Å². The molecule has 0 aromatic heterocycles. The minimum absolute atomic E-state index is 0.000794. The molecule has 0 spiro atoms. The second kappa shape index (κ2) is 12.2. The highest BCUT2D eigenvalue weighted by Crippen LogP contribution is 2.25. The Balaban J connectivity index is 1.93. The van der Waals surface area contributed by atoms with Crippen LogP contribution in [0.15, 0.2) is 63.7 Å². The first kappa shape index (κ1) is 29.1. The van der Waals surface area contributed by atoms with E-state index in [0.29, 0.717) is 5.75 Å². The Kier molecular flexibility index (Phi) is 9.61. The molecule has 2 atom stereocenters. The second-order valence-corrected chi connectivity index (χ2v) is 10.1. The monoisotopic (exact) mass is 526 g/mol. The van der Waals surface area contributed by atoms with Crippen molar-refractivity contribution in [1.82, 2.24) is 0 Å². The first-order valence-electron chi connectivity index (χ1n) is 11.1. The standard InChI is InChI=1S/C25H26N4O7S/c1-18-4-6-19(7-5-18)35-22(30)12-14-24(2,16-26)28-29-25(3,17-27)15-13-23(31)36-20-8-10-21(11-9-20)37(32,33)34/h4-11H,12-15H2,1-3H3,(H,32,33,34).